The Morgan fingerprint density at radius 2 is 2.14 bits per heavy atom. The number of aliphatic hydroxyl groups excluding tert-OH is 1. The number of aliphatic hydroxyl groups is 1. The fraction of sp³-hybridized carbons (Fsp3) is 0.600. The van der Waals surface area contributed by atoms with Gasteiger partial charge in [0.1, 0.15) is 5.56 Å². The minimum atomic E-state index is -1.18. The van der Waals surface area contributed by atoms with E-state index in [-0.39, 0.29) is 18.2 Å². The zero-order chi connectivity index (χ0) is 15.4. The van der Waals surface area contributed by atoms with Crippen molar-refractivity contribution in [2.45, 2.75) is 38.8 Å². The largest absolute Gasteiger partial charge is 0.477 e. The zero-order valence-electron chi connectivity index (χ0n) is 12.3. The van der Waals surface area contributed by atoms with Crippen molar-refractivity contribution in [3.05, 3.63) is 33.7 Å². The van der Waals surface area contributed by atoms with E-state index < -0.39 is 11.5 Å². The van der Waals surface area contributed by atoms with Gasteiger partial charge in [0.2, 0.25) is 0 Å². The molecule has 1 aromatic rings. The zero-order valence-corrected chi connectivity index (χ0v) is 12.3. The molecule has 1 fully saturated rings. The molecule has 0 aromatic carbocycles. The van der Waals surface area contributed by atoms with Gasteiger partial charge in [-0.3, -0.25) is 9.69 Å². The summed E-state index contributed by atoms with van der Waals surface area (Å²) in [7, 11) is 0. The Morgan fingerprint density at radius 3 is 2.81 bits per heavy atom. The molecule has 0 spiro atoms. The number of aromatic nitrogens is 1. The van der Waals surface area contributed by atoms with E-state index in [1.54, 1.807) is 19.2 Å². The highest BCUT2D eigenvalue weighted by molar-refractivity contribution is 5.88. The number of pyridine rings is 1. The molecule has 6 nitrogen and oxygen atoms in total. The van der Waals surface area contributed by atoms with Gasteiger partial charge in [0.25, 0.3) is 5.56 Å². The molecule has 21 heavy (non-hydrogen) atoms. The van der Waals surface area contributed by atoms with E-state index >= 15 is 0 Å². The minimum Gasteiger partial charge on any atom is -0.477 e. The van der Waals surface area contributed by atoms with Crippen LogP contribution in [0.2, 0.25) is 0 Å². The number of rotatable bonds is 5. The van der Waals surface area contributed by atoms with Crippen LogP contribution in [0.1, 0.15) is 35.2 Å². The molecule has 0 bridgehead atoms. The number of hydrogen-bond donors (Lipinski definition) is 2. The van der Waals surface area contributed by atoms with Crippen molar-refractivity contribution in [3.8, 4) is 0 Å². The molecule has 116 valence electrons. The first-order valence-corrected chi connectivity index (χ1v) is 7.33. The van der Waals surface area contributed by atoms with Crippen molar-refractivity contribution in [1.29, 1.82) is 0 Å². The summed E-state index contributed by atoms with van der Waals surface area (Å²) in [5.41, 5.74) is -0.134. The van der Waals surface area contributed by atoms with Crippen LogP contribution in [-0.4, -0.2) is 51.4 Å². The summed E-state index contributed by atoms with van der Waals surface area (Å²) in [4.78, 5) is 25.5. The first kappa shape index (κ1) is 15.7. The average molecular weight is 294 g/mol. The lowest BCUT2D eigenvalue weighted by Crippen LogP contribution is -2.44. The topological polar surface area (TPSA) is 82.8 Å². The summed E-state index contributed by atoms with van der Waals surface area (Å²) in [6.07, 6.45) is 4.83. The molecule has 1 aliphatic heterocycles. The summed E-state index contributed by atoms with van der Waals surface area (Å²) in [6, 6.07) is 1.81. The number of piperidine rings is 1. The van der Waals surface area contributed by atoms with E-state index in [4.69, 9.17) is 5.11 Å². The summed E-state index contributed by atoms with van der Waals surface area (Å²) in [5.74, 6) is -1.18. The van der Waals surface area contributed by atoms with Crippen molar-refractivity contribution < 1.29 is 15.0 Å². The number of carbonyl (C=O) groups is 1. The molecule has 0 amide bonds. The Hall–Kier alpha value is -1.66. The molecule has 6 heteroatoms. The highest BCUT2D eigenvalue weighted by Crippen LogP contribution is 2.16. The van der Waals surface area contributed by atoms with Gasteiger partial charge in [-0.25, -0.2) is 4.79 Å². The van der Waals surface area contributed by atoms with Crippen LogP contribution in [0.3, 0.4) is 0 Å². The molecule has 2 N–H and O–H groups in total. The minimum absolute atomic E-state index is 0.128. The fourth-order valence-corrected chi connectivity index (χ4v) is 2.90. The van der Waals surface area contributed by atoms with Crippen LogP contribution in [0.15, 0.2) is 17.1 Å². The second-order valence-electron chi connectivity index (χ2n) is 5.55. The van der Waals surface area contributed by atoms with Crippen LogP contribution < -0.4 is 5.56 Å². The molecule has 1 atom stereocenters. The molecule has 2 heterocycles. The lowest BCUT2D eigenvalue weighted by atomic mass is 10.0. The molecule has 0 aliphatic carbocycles. The first-order valence-electron chi connectivity index (χ1n) is 7.33. The van der Waals surface area contributed by atoms with Crippen molar-refractivity contribution >= 4 is 5.97 Å². The Kier molecular flexibility index (Phi) is 5.14. The summed E-state index contributed by atoms with van der Waals surface area (Å²) < 4.78 is 1.44. The van der Waals surface area contributed by atoms with E-state index in [9.17, 15) is 14.7 Å². The first-order chi connectivity index (χ1) is 10.0. The van der Waals surface area contributed by atoms with Gasteiger partial charge in [0, 0.05) is 25.3 Å². The third kappa shape index (κ3) is 3.51. The van der Waals surface area contributed by atoms with E-state index in [0.717, 1.165) is 25.8 Å². The van der Waals surface area contributed by atoms with Crippen molar-refractivity contribution in [2.24, 2.45) is 0 Å². The molecular formula is C15H22N2O4. The van der Waals surface area contributed by atoms with Crippen LogP contribution in [-0.2, 0) is 6.54 Å². The lowest BCUT2D eigenvalue weighted by molar-refractivity contribution is 0.0692. The summed E-state index contributed by atoms with van der Waals surface area (Å²) in [5, 5.41) is 18.5. The van der Waals surface area contributed by atoms with E-state index in [0.29, 0.717) is 18.7 Å². The Morgan fingerprint density at radius 1 is 1.38 bits per heavy atom. The number of likely N-dealkylation sites (tertiary alicyclic amines) is 1. The molecule has 1 saturated heterocycles. The van der Waals surface area contributed by atoms with Crippen LogP contribution >= 0.6 is 0 Å². The summed E-state index contributed by atoms with van der Waals surface area (Å²) >= 11 is 0. The van der Waals surface area contributed by atoms with Crippen LogP contribution in [0.25, 0.3) is 0 Å². The molecule has 1 unspecified atom stereocenters. The van der Waals surface area contributed by atoms with Crippen molar-refractivity contribution in [1.82, 2.24) is 9.47 Å². The monoisotopic (exact) mass is 294 g/mol. The average Bonchev–Trinajstić information content (AvgIpc) is 2.46. The molecule has 1 aromatic heterocycles. The Balaban J connectivity index is 2.11. The van der Waals surface area contributed by atoms with Gasteiger partial charge in [-0.05, 0) is 37.9 Å². The normalized spacial score (nSPS) is 19.6. The van der Waals surface area contributed by atoms with Crippen molar-refractivity contribution in [3.63, 3.8) is 0 Å². The standard InChI is InChI=1S/C15H22N2O4/c1-11-5-7-17(14(19)13(11)15(20)21)9-8-16-6-3-2-4-12(16)10-18/h5,7,12,18H,2-4,6,8-10H2,1H3,(H,20,21). The van der Waals surface area contributed by atoms with Gasteiger partial charge in [0.15, 0.2) is 0 Å². The van der Waals surface area contributed by atoms with Gasteiger partial charge in [-0.2, -0.15) is 0 Å². The quantitative estimate of drug-likeness (QED) is 0.835. The third-order valence-corrected chi connectivity index (χ3v) is 4.18. The SMILES string of the molecule is Cc1ccn(CCN2CCCCC2CO)c(=O)c1C(=O)O. The highest BCUT2D eigenvalue weighted by atomic mass is 16.4. The van der Waals surface area contributed by atoms with Gasteiger partial charge in [0.05, 0.1) is 6.61 Å². The second-order valence-corrected chi connectivity index (χ2v) is 5.55. The fourth-order valence-electron chi connectivity index (χ4n) is 2.90. The van der Waals surface area contributed by atoms with Gasteiger partial charge in [-0.1, -0.05) is 6.42 Å². The lowest BCUT2D eigenvalue weighted by Gasteiger charge is -2.34. The van der Waals surface area contributed by atoms with Crippen LogP contribution in [0, 0.1) is 6.92 Å². The van der Waals surface area contributed by atoms with Gasteiger partial charge < -0.3 is 14.8 Å². The predicted molar refractivity (Wildman–Crippen MR) is 78.7 cm³/mol. The Labute approximate surface area is 123 Å². The summed E-state index contributed by atoms with van der Waals surface area (Å²) in [6.45, 7) is 3.76. The van der Waals surface area contributed by atoms with E-state index in [1.165, 1.54) is 4.57 Å². The van der Waals surface area contributed by atoms with Crippen LogP contribution in [0.5, 0.6) is 0 Å². The molecular weight excluding hydrogens is 272 g/mol. The number of aryl methyl sites for hydroxylation is 1. The third-order valence-electron chi connectivity index (χ3n) is 4.18. The second kappa shape index (κ2) is 6.87. The van der Waals surface area contributed by atoms with Gasteiger partial charge in [-0.15, -0.1) is 0 Å². The number of carboxylic acids is 1. The van der Waals surface area contributed by atoms with Crippen molar-refractivity contribution in [2.75, 3.05) is 19.7 Å². The number of aromatic carboxylic acids is 1. The maximum Gasteiger partial charge on any atom is 0.341 e. The maximum absolute atomic E-state index is 12.2. The Bertz CT molecular complexity index is 567. The predicted octanol–water partition coefficient (Wildman–Crippen LogP) is 0.702. The van der Waals surface area contributed by atoms with Crippen LogP contribution in [0.4, 0.5) is 0 Å². The van der Waals surface area contributed by atoms with E-state index in [2.05, 4.69) is 4.90 Å². The molecule has 2 rings (SSSR count). The van der Waals surface area contributed by atoms with E-state index in [1.807, 2.05) is 0 Å². The number of nitrogens with zero attached hydrogens (tertiary/aromatic N) is 2. The number of hydrogen-bond acceptors (Lipinski definition) is 4. The molecule has 0 saturated carbocycles. The maximum atomic E-state index is 12.2. The molecule has 1 aliphatic rings. The van der Waals surface area contributed by atoms with Gasteiger partial charge >= 0.3 is 5.97 Å². The smallest absolute Gasteiger partial charge is 0.341 e. The highest BCUT2D eigenvalue weighted by Gasteiger charge is 2.21. The molecule has 0 radical (unpaired) electrons. The number of carboxylic acid groups (broad SMARTS) is 1.